The Labute approximate surface area is 69.4 Å². The van der Waals surface area contributed by atoms with Crippen molar-refractivity contribution in [2.24, 2.45) is 0 Å². The summed E-state index contributed by atoms with van der Waals surface area (Å²) >= 11 is 0. The van der Waals surface area contributed by atoms with Crippen LogP contribution >= 0.6 is 0 Å². The van der Waals surface area contributed by atoms with Gasteiger partial charge in [-0.25, -0.2) is 0 Å². The maximum atomic E-state index is 11.1. The second-order valence-electron chi connectivity index (χ2n) is 1.16. The molecule has 0 aliphatic heterocycles. The molecule has 0 aromatic rings. The number of carboxylic acid groups (broad SMARTS) is 1. The molecular weight excluding hydrogens is 122 g/mol. The molecule has 0 saturated heterocycles. The number of alkyl halides is 1. The first-order chi connectivity index (χ1) is 3.27. The van der Waals surface area contributed by atoms with Crippen molar-refractivity contribution >= 4 is 5.97 Å². The van der Waals surface area contributed by atoms with Crippen molar-refractivity contribution in [3.63, 3.8) is 0 Å². The number of aliphatic carboxylic acids is 1. The molecule has 8 heavy (non-hydrogen) atoms. The van der Waals surface area contributed by atoms with Crippen LogP contribution in [0.2, 0.25) is 0 Å². The van der Waals surface area contributed by atoms with E-state index >= 15 is 0 Å². The van der Waals surface area contributed by atoms with Gasteiger partial charge in [-0.2, -0.15) is 0 Å². The fourth-order valence-electron chi connectivity index (χ4n) is 0.211. The van der Waals surface area contributed by atoms with Crippen LogP contribution in [0.4, 0.5) is 4.39 Å². The molecule has 42 valence electrons. The Hall–Kier alpha value is 0.400. The Morgan fingerprint density at radius 1 is 1.62 bits per heavy atom. The van der Waals surface area contributed by atoms with Crippen molar-refractivity contribution in [1.82, 2.24) is 0 Å². The van der Waals surface area contributed by atoms with Crippen LogP contribution in [-0.4, -0.2) is 12.6 Å². The first kappa shape index (κ1) is 11.2. The number of carbonyl (C=O) groups is 1. The number of carbonyl (C=O) groups excluding carboxylic acids is 1. The normalized spacial score (nSPS) is 7.62. The van der Waals surface area contributed by atoms with Gasteiger partial charge in [0.25, 0.3) is 0 Å². The molecule has 0 bridgehead atoms. The Morgan fingerprint density at radius 3 is 2.25 bits per heavy atom. The van der Waals surface area contributed by atoms with Crippen LogP contribution in [0, 0.1) is 0 Å². The largest absolute Gasteiger partial charge is 1.00 e. The third-order valence-electron chi connectivity index (χ3n) is 0.515. The Kier molecular flexibility index (Phi) is 10.4. The molecule has 0 rings (SSSR count). The van der Waals surface area contributed by atoms with E-state index in [1.807, 2.05) is 0 Å². The van der Waals surface area contributed by atoms with Crippen LogP contribution in [-0.2, 0) is 4.79 Å². The van der Waals surface area contributed by atoms with Crippen molar-refractivity contribution < 1.29 is 43.8 Å². The van der Waals surface area contributed by atoms with Crippen molar-refractivity contribution in [2.45, 2.75) is 12.8 Å². The predicted octanol–water partition coefficient (Wildman–Crippen LogP) is -3.51. The topological polar surface area (TPSA) is 40.1 Å². The maximum absolute atomic E-state index is 11.1. The van der Waals surface area contributed by atoms with Gasteiger partial charge in [0.2, 0.25) is 0 Å². The van der Waals surface area contributed by atoms with Gasteiger partial charge in [-0.15, -0.1) is 0 Å². The van der Waals surface area contributed by atoms with Gasteiger partial charge in [-0.1, -0.05) is 0 Å². The van der Waals surface area contributed by atoms with Gasteiger partial charge in [0.05, 0.1) is 6.67 Å². The molecule has 0 heterocycles. The maximum Gasteiger partial charge on any atom is 1.00 e. The number of rotatable bonds is 3. The summed E-state index contributed by atoms with van der Waals surface area (Å²) in [4.78, 5) is 9.48. The van der Waals surface area contributed by atoms with E-state index in [0.717, 1.165) is 0 Å². The van der Waals surface area contributed by atoms with E-state index < -0.39 is 12.6 Å². The number of halogens is 1. The van der Waals surface area contributed by atoms with Gasteiger partial charge in [-0.05, 0) is 12.8 Å². The summed E-state index contributed by atoms with van der Waals surface area (Å²) in [5, 5.41) is 9.48. The van der Waals surface area contributed by atoms with E-state index in [4.69, 9.17) is 0 Å². The number of hydrogen-bond donors (Lipinski definition) is 0. The minimum Gasteiger partial charge on any atom is -0.550 e. The average Bonchev–Trinajstić information content (AvgIpc) is 1.61. The summed E-state index contributed by atoms with van der Waals surface area (Å²) in [5.74, 6) is -1.18. The molecule has 2 nitrogen and oxygen atoms in total. The summed E-state index contributed by atoms with van der Waals surface area (Å²) < 4.78 is 11.1. The van der Waals surface area contributed by atoms with E-state index in [1.165, 1.54) is 0 Å². The Balaban J connectivity index is 0. The summed E-state index contributed by atoms with van der Waals surface area (Å²) in [6, 6.07) is 0. The van der Waals surface area contributed by atoms with Crippen LogP contribution in [0.15, 0.2) is 0 Å². The molecule has 0 aliphatic rings. The smallest absolute Gasteiger partial charge is 0.550 e. The van der Waals surface area contributed by atoms with Crippen molar-refractivity contribution in [2.75, 3.05) is 6.67 Å². The zero-order valence-electron chi connectivity index (χ0n) is 4.82. The zero-order valence-corrected chi connectivity index (χ0v) is 6.82. The molecule has 0 aromatic heterocycles. The van der Waals surface area contributed by atoms with Crippen LogP contribution < -0.4 is 34.7 Å². The first-order valence-electron chi connectivity index (χ1n) is 2.03. The van der Waals surface area contributed by atoms with E-state index in [0.29, 0.717) is 0 Å². The minimum atomic E-state index is -1.18. The molecule has 0 fully saturated rings. The molecular formula is C4H6FNaO2. The van der Waals surface area contributed by atoms with Gasteiger partial charge in [0.15, 0.2) is 0 Å². The van der Waals surface area contributed by atoms with Crippen molar-refractivity contribution in [1.29, 1.82) is 0 Å². The summed E-state index contributed by atoms with van der Waals surface area (Å²) in [7, 11) is 0. The van der Waals surface area contributed by atoms with Crippen LogP contribution in [0.5, 0.6) is 0 Å². The molecule has 0 aromatic carbocycles. The molecule has 0 radical (unpaired) electrons. The van der Waals surface area contributed by atoms with Gasteiger partial charge in [0, 0.05) is 5.97 Å². The molecule has 0 aliphatic carbocycles. The Morgan fingerprint density at radius 2 is 2.12 bits per heavy atom. The SMILES string of the molecule is O=C([O-])CCCF.[Na+]. The molecule has 0 spiro atoms. The van der Waals surface area contributed by atoms with E-state index in [-0.39, 0.29) is 42.4 Å². The fourth-order valence-corrected chi connectivity index (χ4v) is 0.211. The molecule has 4 heteroatoms. The molecule has 0 N–H and O–H groups in total. The molecule has 0 amide bonds. The third-order valence-corrected chi connectivity index (χ3v) is 0.515. The average molecular weight is 128 g/mol. The summed E-state index contributed by atoms with van der Waals surface area (Å²) in [6.07, 6.45) is -0.0984. The standard InChI is InChI=1S/C4H7FO2.Na/c5-3-1-2-4(6)7;/h1-3H2,(H,6,7);/q;+1/p-1. The van der Waals surface area contributed by atoms with Crippen molar-refractivity contribution in [3.8, 4) is 0 Å². The predicted molar refractivity (Wildman–Crippen MR) is 20.2 cm³/mol. The van der Waals surface area contributed by atoms with Gasteiger partial charge in [0.1, 0.15) is 0 Å². The first-order valence-corrected chi connectivity index (χ1v) is 2.03. The monoisotopic (exact) mass is 128 g/mol. The number of carboxylic acids is 1. The van der Waals surface area contributed by atoms with E-state index in [1.54, 1.807) is 0 Å². The second kappa shape index (κ2) is 7.40. The molecule has 0 unspecified atom stereocenters. The molecule has 0 saturated carbocycles. The van der Waals surface area contributed by atoms with Gasteiger partial charge < -0.3 is 9.90 Å². The molecule has 0 atom stereocenters. The summed E-state index contributed by atoms with van der Waals surface area (Å²) in [6.45, 7) is -0.575. The number of hydrogen-bond acceptors (Lipinski definition) is 2. The Bertz CT molecular complexity index is 67.1. The van der Waals surface area contributed by atoms with Crippen LogP contribution in [0.1, 0.15) is 12.8 Å². The van der Waals surface area contributed by atoms with Gasteiger partial charge in [-0.3, -0.25) is 4.39 Å². The summed E-state index contributed by atoms with van der Waals surface area (Å²) in [5.41, 5.74) is 0. The zero-order chi connectivity index (χ0) is 5.70. The van der Waals surface area contributed by atoms with E-state index in [2.05, 4.69) is 0 Å². The second-order valence-corrected chi connectivity index (χ2v) is 1.16. The van der Waals surface area contributed by atoms with Crippen LogP contribution in [0.25, 0.3) is 0 Å². The van der Waals surface area contributed by atoms with Crippen molar-refractivity contribution in [3.05, 3.63) is 0 Å². The fraction of sp³-hybridized carbons (Fsp3) is 0.750. The minimum absolute atomic E-state index is 0. The third kappa shape index (κ3) is 9.64. The van der Waals surface area contributed by atoms with Gasteiger partial charge >= 0.3 is 29.6 Å². The quantitative estimate of drug-likeness (QED) is 0.370. The van der Waals surface area contributed by atoms with E-state index in [9.17, 15) is 14.3 Å². The van der Waals surface area contributed by atoms with Crippen LogP contribution in [0.3, 0.4) is 0 Å².